The lowest BCUT2D eigenvalue weighted by Gasteiger charge is -2.22. The highest BCUT2D eigenvalue weighted by Gasteiger charge is 2.18. The normalized spacial score (nSPS) is 15.7. The van der Waals surface area contributed by atoms with E-state index in [-0.39, 0.29) is 24.8 Å². The van der Waals surface area contributed by atoms with Gasteiger partial charge in [-0.15, -0.1) is 0 Å². The summed E-state index contributed by atoms with van der Waals surface area (Å²) in [5, 5.41) is 23.0. The molecule has 5 N–H and O–H groups in total. The van der Waals surface area contributed by atoms with E-state index in [1.165, 1.54) is 0 Å². The number of phenolic OH excluding ortho intramolecular Hbond substituents is 1. The Balaban J connectivity index is 0.00000261. The highest BCUT2D eigenvalue weighted by Crippen LogP contribution is 2.20. The number of aromatic carboxylic acids is 1. The monoisotopic (exact) mass is 387 g/mol. The zero-order chi connectivity index (χ0) is 18.5. The van der Waals surface area contributed by atoms with Crippen molar-refractivity contribution < 1.29 is 19.7 Å². The molecule has 2 aromatic carbocycles. The summed E-state index contributed by atoms with van der Waals surface area (Å²) in [4.78, 5) is 10.9. The molecule has 0 bridgehead atoms. The molecule has 1 atom stereocenters. The van der Waals surface area contributed by atoms with Crippen LogP contribution >= 0.6 is 13.5 Å². The number of carbonyl (C=O) groups is 1. The number of hydrazone groups is 1. The lowest BCUT2D eigenvalue weighted by atomic mass is 10.1. The maximum Gasteiger partial charge on any atom is 0.335 e. The number of nitrogens with two attached hydrogens (primary N) is 1. The Morgan fingerprint density at radius 1 is 1.19 bits per heavy atom. The minimum absolute atomic E-state index is 0. The molecule has 1 heterocycles. The van der Waals surface area contributed by atoms with E-state index in [1.54, 1.807) is 54.6 Å². The van der Waals surface area contributed by atoms with Crippen LogP contribution in [0.1, 0.15) is 21.5 Å². The maximum atomic E-state index is 10.9. The van der Waals surface area contributed by atoms with E-state index in [2.05, 4.69) is 10.5 Å². The molecule has 0 saturated heterocycles. The largest absolute Gasteiger partial charge is 0.507 e. The minimum Gasteiger partial charge on any atom is -0.507 e. The fourth-order valence-corrected chi connectivity index (χ4v) is 2.52. The van der Waals surface area contributed by atoms with Gasteiger partial charge in [0.05, 0.1) is 17.9 Å². The van der Waals surface area contributed by atoms with Crippen LogP contribution in [0.25, 0.3) is 0 Å². The topological polar surface area (TPSA) is 117 Å². The molecule has 0 amide bonds. The van der Waals surface area contributed by atoms with Gasteiger partial charge in [-0.25, -0.2) is 4.79 Å². The van der Waals surface area contributed by atoms with Crippen molar-refractivity contribution in [3.63, 3.8) is 0 Å². The van der Waals surface area contributed by atoms with Gasteiger partial charge < -0.3 is 20.7 Å². The van der Waals surface area contributed by atoms with Gasteiger partial charge in [-0.2, -0.15) is 18.6 Å². The third-order valence-corrected chi connectivity index (χ3v) is 3.95. The molecular formula is C19H21N3O4S. The number of nitrogens with zero attached hydrogens (tertiary/aromatic N) is 1. The third kappa shape index (κ3) is 5.02. The number of allylic oxidation sites excluding steroid dienone is 1. The number of ether oxygens (including phenoxy) is 1. The van der Waals surface area contributed by atoms with Crippen molar-refractivity contribution >= 4 is 25.2 Å². The second kappa shape index (κ2) is 9.11. The number of nitrogens with one attached hydrogen (secondary N) is 1. The molecule has 7 nitrogen and oxygen atoms in total. The fraction of sp³-hybridized carbons (Fsp3) is 0.158. The van der Waals surface area contributed by atoms with E-state index < -0.39 is 12.1 Å². The Labute approximate surface area is 163 Å². The molecule has 142 valence electrons. The number of carboxylic acids is 1. The highest BCUT2D eigenvalue weighted by atomic mass is 32.1. The molecule has 0 spiro atoms. The Morgan fingerprint density at radius 3 is 2.56 bits per heavy atom. The van der Waals surface area contributed by atoms with Crippen LogP contribution in [0.5, 0.6) is 5.75 Å². The summed E-state index contributed by atoms with van der Waals surface area (Å²) >= 11 is 0. The van der Waals surface area contributed by atoms with Gasteiger partial charge in [0.1, 0.15) is 17.7 Å². The summed E-state index contributed by atoms with van der Waals surface area (Å²) in [5.41, 5.74) is 11.0. The zero-order valence-electron chi connectivity index (χ0n) is 14.4. The van der Waals surface area contributed by atoms with Gasteiger partial charge in [0.2, 0.25) is 0 Å². The molecule has 1 aliphatic heterocycles. The Hall–Kier alpha value is -2.97. The van der Waals surface area contributed by atoms with Crippen LogP contribution in [0.3, 0.4) is 0 Å². The van der Waals surface area contributed by atoms with Crippen molar-refractivity contribution in [3.8, 4) is 5.75 Å². The molecule has 27 heavy (non-hydrogen) atoms. The number of hydrogen-bond donors (Lipinski definition) is 4. The first kappa shape index (κ1) is 20.3. The number of hydrogen-bond acceptors (Lipinski definition) is 6. The smallest absolute Gasteiger partial charge is 0.335 e. The van der Waals surface area contributed by atoms with Gasteiger partial charge in [0.15, 0.2) is 0 Å². The predicted octanol–water partition coefficient (Wildman–Crippen LogP) is 1.94. The van der Waals surface area contributed by atoms with E-state index in [0.717, 1.165) is 5.56 Å². The summed E-state index contributed by atoms with van der Waals surface area (Å²) in [6.45, 7) is 0.377. The molecule has 0 saturated carbocycles. The first-order chi connectivity index (χ1) is 12.5. The Kier molecular flexibility index (Phi) is 6.86. The average molecular weight is 387 g/mol. The van der Waals surface area contributed by atoms with E-state index in [4.69, 9.17) is 15.6 Å². The van der Waals surface area contributed by atoms with Gasteiger partial charge in [0, 0.05) is 18.1 Å². The molecular weight excluding hydrogens is 366 g/mol. The standard InChI is InChI=1S/C19H19N3O4.H2S/c20-18-17(11-15(21-22-18)14-3-1-2-4-16(14)23)26-10-9-12-5-7-13(8-6-12)19(24)25;/h1-8,11,18,22-23H,9-10,20H2,(H,24,25);1H2. The number of aromatic hydroxyl groups is 1. The van der Waals surface area contributed by atoms with Crippen molar-refractivity contribution in [1.29, 1.82) is 0 Å². The van der Waals surface area contributed by atoms with E-state index in [9.17, 15) is 9.90 Å². The third-order valence-electron chi connectivity index (χ3n) is 3.95. The molecule has 8 heteroatoms. The predicted molar refractivity (Wildman–Crippen MR) is 107 cm³/mol. The molecule has 2 aromatic rings. The molecule has 0 aromatic heterocycles. The number of para-hydroxylation sites is 1. The molecule has 0 fully saturated rings. The van der Waals surface area contributed by atoms with Gasteiger partial charge in [-0.1, -0.05) is 24.3 Å². The lowest BCUT2D eigenvalue weighted by Crippen LogP contribution is -2.40. The van der Waals surface area contributed by atoms with E-state index in [0.29, 0.717) is 30.1 Å². The van der Waals surface area contributed by atoms with Crippen LogP contribution in [0.4, 0.5) is 0 Å². The molecule has 1 aliphatic rings. The Morgan fingerprint density at radius 2 is 1.89 bits per heavy atom. The van der Waals surface area contributed by atoms with Crippen LogP contribution < -0.4 is 11.2 Å². The van der Waals surface area contributed by atoms with Crippen LogP contribution in [0.2, 0.25) is 0 Å². The molecule has 1 unspecified atom stereocenters. The average Bonchev–Trinajstić information content (AvgIpc) is 2.64. The van der Waals surface area contributed by atoms with Crippen LogP contribution in [0, 0.1) is 0 Å². The number of carboxylic acid groups (broad SMARTS) is 1. The van der Waals surface area contributed by atoms with Crippen LogP contribution in [-0.2, 0) is 11.2 Å². The van der Waals surface area contributed by atoms with Crippen molar-refractivity contribution in [3.05, 3.63) is 77.1 Å². The summed E-state index contributed by atoms with van der Waals surface area (Å²) in [6, 6.07) is 13.5. The highest BCUT2D eigenvalue weighted by molar-refractivity contribution is 7.59. The number of phenols is 1. The summed E-state index contributed by atoms with van der Waals surface area (Å²) in [6.07, 6.45) is 1.73. The second-order valence-corrected chi connectivity index (χ2v) is 5.77. The summed E-state index contributed by atoms with van der Waals surface area (Å²) < 4.78 is 5.76. The van der Waals surface area contributed by atoms with Crippen molar-refractivity contribution in [2.24, 2.45) is 10.8 Å². The quantitative estimate of drug-likeness (QED) is 0.602. The zero-order valence-corrected chi connectivity index (χ0v) is 15.4. The lowest BCUT2D eigenvalue weighted by molar-refractivity contribution is 0.0697. The van der Waals surface area contributed by atoms with Gasteiger partial charge >= 0.3 is 5.97 Å². The Bertz CT molecular complexity index is 866. The van der Waals surface area contributed by atoms with Crippen molar-refractivity contribution in [1.82, 2.24) is 5.43 Å². The molecule has 0 aliphatic carbocycles. The fourth-order valence-electron chi connectivity index (χ4n) is 2.52. The molecule has 0 radical (unpaired) electrons. The van der Waals surface area contributed by atoms with Gasteiger partial charge in [-0.3, -0.25) is 5.43 Å². The van der Waals surface area contributed by atoms with Crippen molar-refractivity contribution in [2.75, 3.05) is 6.61 Å². The molecule has 3 rings (SSSR count). The number of benzene rings is 2. The van der Waals surface area contributed by atoms with E-state index in [1.807, 2.05) is 0 Å². The van der Waals surface area contributed by atoms with Crippen LogP contribution in [-0.4, -0.2) is 34.7 Å². The SMILES string of the molecule is NC1NN=C(c2ccccc2O)C=C1OCCc1ccc(C(=O)O)cc1.S. The van der Waals surface area contributed by atoms with Gasteiger partial charge in [0.25, 0.3) is 0 Å². The summed E-state index contributed by atoms with van der Waals surface area (Å²) in [7, 11) is 0. The summed E-state index contributed by atoms with van der Waals surface area (Å²) in [5.74, 6) is -0.314. The van der Waals surface area contributed by atoms with E-state index >= 15 is 0 Å². The number of rotatable bonds is 6. The first-order valence-corrected chi connectivity index (χ1v) is 8.08. The maximum absolute atomic E-state index is 10.9. The van der Waals surface area contributed by atoms with Crippen LogP contribution in [0.15, 0.2) is 65.5 Å². The van der Waals surface area contributed by atoms with Gasteiger partial charge in [-0.05, 0) is 29.8 Å². The minimum atomic E-state index is -0.951. The van der Waals surface area contributed by atoms with Crippen molar-refractivity contribution in [2.45, 2.75) is 12.6 Å². The second-order valence-electron chi connectivity index (χ2n) is 5.77. The first-order valence-electron chi connectivity index (χ1n) is 8.08.